The Morgan fingerprint density at radius 1 is 1.29 bits per heavy atom. The second kappa shape index (κ2) is 8.15. The monoisotopic (exact) mass is 305 g/mol. The molecule has 0 aliphatic heterocycles. The highest BCUT2D eigenvalue weighted by atomic mass is 32.2. The summed E-state index contributed by atoms with van der Waals surface area (Å²) in [6, 6.07) is 10.1. The molecule has 2 rings (SSSR count). The second-order valence-electron chi connectivity index (χ2n) is 4.91. The van der Waals surface area contributed by atoms with Gasteiger partial charge in [-0.1, -0.05) is 19.1 Å². The fourth-order valence-corrected chi connectivity index (χ4v) is 2.66. The van der Waals surface area contributed by atoms with Crippen LogP contribution in [0.4, 0.5) is 0 Å². The van der Waals surface area contributed by atoms with Crippen molar-refractivity contribution >= 4 is 11.8 Å². The molecule has 0 aliphatic rings. The van der Waals surface area contributed by atoms with E-state index in [0.717, 1.165) is 41.7 Å². The van der Waals surface area contributed by atoms with E-state index >= 15 is 0 Å². The Bertz CT molecular complexity index is 566. The van der Waals surface area contributed by atoms with Gasteiger partial charge in [-0.3, -0.25) is 0 Å². The number of rotatable bonds is 8. The molecule has 1 N–H and O–H groups in total. The van der Waals surface area contributed by atoms with Gasteiger partial charge in [0.05, 0.1) is 0 Å². The van der Waals surface area contributed by atoms with Crippen LogP contribution in [0, 0.1) is 6.92 Å². The van der Waals surface area contributed by atoms with E-state index in [9.17, 15) is 0 Å². The third-order valence-corrected chi connectivity index (χ3v) is 4.03. The Labute approximate surface area is 131 Å². The van der Waals surface area contributed by atoms with Crippen LogP contribution in [0.5, 0.6) is 5.75 Å². The van der Waals surface area contributed by atoms with Gasteiger partial charge in [-0.25, -0.2) is 0 Å². The number of furan rings is 1. The summed E-state index contributed by atoms with van der Waals surface area (Å²) in [5, 5.41) is 3.39. The maximum atomic E-state index is 5.87. The summed E-state index contributed by atoms with van der Waals surface area (Å²) in [4.78, 5) is 1.14. The number of para-hydroxylation sites is 1. The average molecular weight is 305 g/mol. The summed E-state index contributed by atoms with van der Waals surface area (Å²) in [6.45, 7) is 6.51. The molecular formula is C17H23NO2S. The van der Waals surface area contributed by atoms with Gasteiger partial charge in [0.25, 0.3) is 0 Å². The number of aryl methyl sites for hydroxylation is 1. The van der Waals surface area contributed by atoms with E-state index in [1.165, 1.54) is 5.56 Å². The van der Waals surface area contributed by atoms with Crippen molar-refractivity contribution in [2.75, 3.05) is 12.8 Å². The zero-order valence-corrected chi connectivity index (χ0v) is 13.8. The minimum atomic E-state index is 0.464. The molecule has 0 fully saturated rings. The van der Waals surface area contributed by atoms with Crippen LogP contribution < -0.4 is 10.1 Å². The number of thioether (sulfide) groups is 1. The number of hydrogen-bond donors (Lipinski definition) is 1. The zero-order valence-electron chi connectivity index (χ0n) is 12.9. The molecule has 21 heavy (non-hydrogen) atoms. The van der Waals surface area contributed by atoms with Gasteiger partial charge in [0.2, 0.25) is 0 Å². The lowest BCUT2D eigenvalue weighted by molar-refractivity contribution is 0.262. The maximum absolute atomic E-state index is 5.87. The topological polar surface area (TPSA) is 34.4 Å². The standard InChI is InChI=1S/C17H23NO2S/c1-4-9-18-11-14-10-15(20-13(14)2)12-19-16-7-5-6-8-17(16)21-3/h5-8,10,18H,4,9,11-12H2,1-3H3. The molecule has 0 aliphatic carbocycles. The van der Waals surface area contributed by atoms with Crippen molar-refractivity contribution in [2.45, 2.75) is 38.3 Å². The number of hydrogen-bond acceptors (Lipinski definition) is 4. The SMILES string of the molecule is CCCNCc1cc(COc2ccccc2SC)oc1C. The van der Waals surface area contributed by atoms with Gasteiger partial charge in [-0.15, -0.1) is 11.8 Å². The van der Waals surface area contributed by atoms with Crippen LogP contribution in [-0.2, 0) is 13.2 Å². The Morgan fingerprint density at radius 3 is 2.86 bits per heavy atom. The molecule has 1 aromatic heterocycles. The largest absolute Gasteiger partial charge is 0.484 e. The van der Waals surface area contributed by atoms with Gasteiger partial charge in [-0.05, 0) is 44.3 Å². The third kappa shape index (κ3) is 4.55. The van der Waals surface area contributed by atoms with Crippen molar-refractivity contribution in [3.05, 3.63) is 47.4 Å². The molecule has 3 nitrogen and oxygen atoms in total. The van der Waals surface area contributed by atoms with E-state index in [1.54, 1.807) is 11.8 Å². The smallest absolute Gasteiger partial charge is 0.146 e. The summed E-state index contributed by atoms with van der Waals surface area (Å²) in [5.41, 5.74) is 1.21. The van der Waals surface area contributed by atoms with Crippen molar-refractivity contribution in [3.8, 4) is 5.75 Å². The highest BCUT2D eigenvalue weighted by Crippen LogP contribution is 2.28. The molecule has 114 valence electrons. The molecule has 0 saturated carbocycles. The molecule has 4 heteroatoms. The van der Waals surface area contributed by atoms with Crippen molar-refractivity contribution in [1.29, 1.82) is 0 Å². The van der Waals surface area contributed by atoms with Gasteiger partial charge in [0.1, 0.15) is 23.9 Å². The average Bonchev–Trinajstić information content (AvgIpc) is 2.86. The molecule has 1 aromatic carbocycles. The van der Waals surface area contributed by atoms with Crippen molar-refractivity contribution in [1.82, 2.24) is 5.32 Å². The van der Waals surface area contributed by atoms with Crippen molar-refractivity contribution in [2.24, 2.45) is 0 Å². The van der Waals surface area contributed by atoms with Crippen molar-refractivity contribution in [3.63, 3.8) is 0 Å². The van der Waals surface area contributed by atoms with Gasteiger partial charge >= 0.3 is 0 Å². The number of nitrogens with one attached hydrogen (secondary N) is 1. The summed E-state index contributed by atoms with van der Waals surface area (Å²) in [5.74, 6) is 2.75. The van der Waals surface area contributed by atoms with Gasteiger partial charge in [0, 0.05) is 17.0 Å². The fourth-order valence-electron chi connectivity index (χ4n) is 2.12. The molecule has 0 spiro atoms. The Balaban J connectivity index is 1.95. The maximum Gasteiger partial charge on any atom is 0.146 e. The first-order valence-electron chi connectivity index (χ1n) is 7.29. The molecule has 0 atom stereocenters. The van der Waals surface area contributed by atoms with Crippen LogP contribution in [0.2, 0.25) is 0 Å². The predicted molar refractivity (Wildman–Crippen MR) is 88.0 cm³/mol. The number of ether oxygens (including phenoxy) is 1. The first-order chi connectivity index (χ1) is 10.2. The summed E-state index contributed by atoms with van der Waals surface area (Å²) < 4.78 is 11.6. The lowest BCUT2D eigenvalue weighted by atomic mass is 10.2. The molecule has 0 unspecified atom stereocenters. The Kier molecular flexibility index (Phi) is 6.21. The number of benzene rings is 1. The highest BCUT2D eigenvalue weighted by Gasteiger charge is 2.09. The van der Waals surface area contributed by atoms with Gasteiger partial charge in [-0.2, -0.15) is 0 Å². The first kappa shape index (κ1) is 16.0. The lowest BCUT2D eigenvalue weighted by Gasteiger charge is -2.08. The first-order valence-corrected chi connectivity index (χ1v) is 8.51. The van der Waals surface area contributed by atoms with E-state index in [1.807, 2.05) is 25.1 Å². The minimum absolute atomic E-state index is 0.464. The molecule has 1 heterocycles. The van der Waals surface area contributed by atoms with Crippen LogP contribution in [0.15, 0.2) is 39.6 Å². The summed E-state index contributed by atoms with van der Waals surface area (Å²) >= 11 is 1.69. The fraction of sp³-hybridized carbons (Fsp3) is 0.412. The van der Waals surface area contributed by atoms with Crippen LogP contribution >= 0.6 is 11.8 Å². The van der Waals surface area contributed by atoms with Crippen LogP contribution in [0.25, 0.3) is 0 Å². The normalized spacial score (nSPS) is 10.8. The third-order valence-electron chi connectivity index (χ3n) is 3.25. The van der Waals surface area contributed by atoms with Crippen LogP contribution in [-0.4, -0.2) is 12.8 Å². The minimum Gasteiger partial charge on any atom is -0.484 e. The second-order valence-corrected chi connectivity index (χ2v) is 5.76. The van der Waals surface area contributed by atoms with Crippen LogP contribution in [0.1, 0.15) is 30.4 Å². The van der Waals surface area contributed by atoms with E-state index < -0.39 is 0 Å². The van der Waals surface area contributed by atoms with Crippen molar-refractivity contribution < 1.29 is 9.15 Å². The predicted octanol–water partition coefficient (Wildman–Crippen LogP) is 4.39. The van der Waals surface area contributed by atoms with Gasteiger partial charge < -0.3 is 14.5 Å². The molecule has 0 amide bonds. The molecule has 0 bridgehead atoms. The zero-order chi connectivity index (χ0) is 15.1. The summed E-state index contributed by atoms with van der Waals surface area (Å²) in [7, 11) is 0. The Hall–Kier alpha value is -1.39. The van der Waals surface area contributed by atoms with E-state index in [-0.39, 0.29) is 0 Å². The van der Waals surface area contributed by atoms with E-state index in [2.05, 4.69) is 30.6 Å². The molecule has 0 saturated heterocycles. The molecule has 2 aromatic rings. The summed E-state index contributed by atoms with van der Waals surface area (Å²) in [6.07, 6.45) is 3.19. The Morgan fingerprint density at radius 2 is 2.10 bits per heavy atom. The lowest BCUT2D eigenvalue weighted by Crippen LogP contribution is -2.13. The highest BCUT2D eigenvalue weighted by molar-refractivity contribution is 7.98. The molecular weight excluding hydrogens is 282 g/mol. The van der Waals surface area contributed by atoms with Crippen LogP contribution in [0.3, 0.4) is 0 Å². The van der Waals surface area contributed by atoms with Gasteiger partial charge in [0.15, 0.2) is 0 Å². The van der Waals surface area contributed by atoms with E-state index in [4.69, 9.17) is 9.15 Å². The van der Waals surface area contributed by atoms with E-state index in [0.29, 0.717) is 6.61 Å². The quantitative estimate of drug-likeness (QED) is 0.579. The molecule has 0 radical (unpaired) electrons.